The lowest BCUT2D eigenvalue weighted by Crippen LogP contribution is -2.29. The van der Waals surface area contributed by atoms with Crippen LogP contribution in [-0.2, 0) is 32.7 Å². The number of nitrogens with two attached hydrogens (primary N) is 1. The molecule has 3 N–H and O–H groups in total. The number of phosphoric acid groups is 1. The first-order valence-corrected chi connectivity index (χ1v) is 31.5. The van der Waals surface area contributed by atoms with Crippen molar-refractivity contribution in [3.63, 3.8) is 0 Å². The molecule has 9 nitrogen and oxygen atoms in total. The molecule has 0 rings (SSSR count). The van der Waals surface area contributed by atoms with Gasteiger partial charge in [-0.1, -0.05) is 275 Å². The minimum absolute atomic E-state index is 0.0539. The van der Waals surface area contributed by atoms with E-state index in [-0.39, 0.29) is 38.6 Å². The minimum atomic E-state index is -4.39. The van der Waals surface area contributed by atoms with Crippen molar-refractivity contribution in [2.45, 2.75) is 309 Å². The van der Waals surface area contributed by atoms with E-state index in [0.29, 0.717) is 6.42 Å². The number of carbonyl (C=O) groups is 2. The first-order valence-electron chi connectivity index (χ1n) is 30.0. The molecule has 0 aromatic heterocycles. The van der Waals surface area contributed by atoms with E-state index in [9.17, 15) is 19.0 Å². The molecule has 70 heavy (non-hydrogen) atoms. The summed E-state index contributed by atoms with van der Waals surface area (Å²) < 4.78 is 33.1. The highest BCUT2D eigenvalue weighted by molar-refractivity contribution is 7.47. The second-order valence-corrected chi connectivity index (χ2v) is 21.7. The lowest BCUT2D eigenvalue weighted by molar-refractivity contribution is -0.161. The number of esters is 2. The lowest BCUT2D eigenvalue weighted by atomic mass is 10.0. The molecule has 0 fully saturated rings. The Labute approximate surface area is 433 Å². The Morgan fingerprint density at radius 2 is 0.743 bits per heavy atom. The van der Waals surface area contributed by atoms with Gasteiger partial charge in [0.1, 0.15) is 6.61 Å². The van der Waals surface area contributed by atoms with Crippen LogP contribution in [0.5, 0.6) is 0 Å². The molecule has 0 bridgehead atoms. The summed E-state index contributed by atoms with van der Waals surface area (Å²) in [6, 6.07) is 0. The zero-order valence-electron chi connectivity index (χ0n) is 46.0. The molecule has 412 valence electrons. The summed E-state index contributed by atoms with van der Waals surface area (Å²) in [6.45, 7) is 3.78. The van der Waals surface area contributed by atoms with Crippen LogP contribution in [-0.4, -0.2) is 49.3 Å². The van der Waals surface area contributed by atoms with Crippen molar-refractivity contribution >= 4 is 19.8 Å². The summed E-state index contributed by atoms with van der Waals surface area (Å²) in [5.74, 6) is -0.817. The van der Waals surface area contributed by atoms with Gasteiger partial charge in [0, 0.05) is 19.4 Å². The Balaban J connectivity index is 3.94. The van der Waals surface area contributed by atoms with Gasteiger partial charge in [0.25, 0.3) is 0 Å². The van der Waals surface area contributed by atoms with Gasteiger partial charge in [-0.2, -0.15) is 0 Å². The van der Waals surface area contributed by atoms with E-state index in [2.05, 4.69) is 50.3 Å². The van der Waals surface area contributed by atoms with Crippen molar-refractivity contribution in [1.82, 2.24) is 0 Å². The Kier molecular flexibility index (Phi) is 55.1. The minimum Gasteiger partial charge on any atom is -0.462 e. The number of carbonyl (C=O) groups excluding carboxylic acids is 2. The van der Waals surface area contributed by atoms with Crippen molar-refractivity contribution in [3.05, 3.63) is 36.5 Å². The Morgan fingerprint density at radius 1 is 0.429 bits per heavy atom. The number of allylic oxidation sites excluding steroid dienone is 6. The molecule has 0 saturated carbocycles. The summed E-state index contributed by atoms with van der Waals surface area (Å²) in [4.78, 5) is 35.2. The predicted molar refractivity (Wildman–Crippen MR) is 298 cm³/mol. The third-order valence-electron chi connectivity index (χ3n) is 13.3. The fourth-order valence-electron chi connectivity index (χ4n) is 8.82. The summed E-state index contributed by atoms with van der Waals surface area (Å²) in [5, 5.41) is 0. The van der Waals surface area contributed by atoms with E-state index >= 15 is 0 Å². The van der Waals surface area contributed by atoms with Crippen molar-refractivity contribution in [2.24, 2.45) is 5.73 Å². The molecule has 10 heteroatoms. The molecule has 0 heterocycles. The molecule has 0 radical (unpaired) electrons. The molecule has 0 aromatic rings. The molecular formula is C60H114NO8P. The number of ether oxygens (including phenoxy) is 2. The van der Waals surface area contributed by atoms with Gasteiger partial charge in [-0.15, -0.1) is 0 Å². The van der Waals surface area contributed by atoms with Gasteiger partial charge in [0.15, 0.2) is 6.10 Å². The largest absolute Gasteiger partial charge is 0.472 e. The molecule has 2 atom stereocenters. The van der Waals surface area contributed by atoms with Gasteiger partial charge >= 0.3 is 19.8 Å². The molecule has 0 amide bonds. The Hall–Kier alpha value is -1.77. The van der Waals surface area contributed by atoms with E-state index < -0.39 is 26.5 Å². The van der Waals surface area contributed by atoms with Crippen LogP contribution >= 0.6 is 7.82 Å². The van der Waals surface area contributed by atoms with E-state index in [4.69, 9.17) is 24.3 Å². The predicted octanol–water partition coefficient (Wildman–Crippen LogP) is 18.8. The number of hydrogen-bond donors (Lipinski definition) is 2. The highest BCUT2D eigenvalue weighted by atomic mass is 31.2. The van der Waals surface area contributed by atoms with Crippen LogP contribution in [0.25, 0.3) is 0 Å². The second-order valence-electron chi connectivity index (χ2n) is 20.2. The van der Waals surface area contributed by atoms with Gasteiger partial charge in [0.05, 0.1) is 13.2 Å². The van der Waals surface area contributed by atoms with Gasteiger partial charge in [0.2, 0.25) is 0 Å². The highest BCUT2D eigenvalue weighted by Gasteiger charge is 2.26. The third kappa shape index (κ3) is 55.5. The quantitative estimate of drug-likeness (QED) is 0.0264. The van der Waals surface area contributed by atoms with Crippen LogP contribution in [0.4, 0.5) is 0 Å². The van der Waals surface area contributed by atoms with E-state index in [1.807, 2.05) is 0 Å². The zero-order valence-corrected chi connectivity index (χ0v) is 46.9. The summed E-state index contributed by atoms with van der Waals surface area (Å²) in [5.41, 5.74) is 5.39. The average molecular weight is 1010 g/mol. The van der Waals surface area contributed by atoms with Crippen molar-refractivity contribution in [3.8, 4) is 0 Å². The van der Waals surface area contributed by atoms with Crippen molar-refractivity contribution < 1.29 is 37.6 Å². The van der Waals surface area contributed by atoms with Crippen molar-refractivity contribution in [1.29, 1.82) is 0 Å². The van der Waals surface area contributed by atoms with E-state index in [1.165, 1.54) is 212 Å². The topological polar surface area (TPSA) is 134 Å². The van der Waals surface area contributed by atoms with E-state index in [1.54, 1.807) is 0 Å². The van der Waals surface area contributed by atoms with Crippen LogP contribution < -0.4 is 5.73 Å². The fourth-order valence-corrected chi connectivity index (χ4v) is 9.59. The van der Waals surface area contributed by atoms with Crippen molar-refractivity contribution in [2.75, 3.05) is 26.4 Å². The maximum atomic E-state index is 12.7. The average Bonchev–Trinajstić information content (AvgIpc) is 3.35. The smallest absolute Gasteiger partial charge is 0.462 e. The number of hydrogen-bond acceptors (Lipinski definition) is 8. The van der Waals surface area contributed by atoms with E-state index in [0.717, 1.165) is 57.8 Å². The molecule has 2 unspecified atom stereocenters. The van der Waals surface area contributed by atoms with Crippen LogP contribution in [0.3, 0.4) is 0 Å². The molecule has 0 aliphatic carbocycles. The molecule has 0 aliphatic heterocycles. The third-order valence-corrected chi connectivity index (χ3v) is 14.3. The molecule has 0 saturated heterocycles. The van der Waals surface area contributed by atoms with Gasteiger partial charge in [-0.05, 0) is 51.4 Å². The second kappa shape index (κ2) is 56.5. The van der Waals surface area contributed by atoms with Crippen LogP contribution in [0, 0.1) is 0 Å². The molecule has 0 aromatic carbocycles. The van der Waals surface area contributed by atoms with Gasteiger partial charge in [-0.3, -0.25) is 18.6 Å². The normalized spacial score (nSPS) is 13.3. The first-order chi connectivity index (χ1) is 34.3. The maximum Gasteiger partial charge on any atom is 0.472 e. The molecule has 0 spiro atoms. The Bertz CT molecular complexity index is 1240. The lowest BCUT2D eigenvalue weighted by Gasteiger charge is -2.19. The standard InChI is InChI=1S/C60H114NO8P/c1-3-5-7-9-11-13-15-17-19-21-23-25-27-29-31-33-35-37-39-41-43-45-47-49-51-53-60(63)69-58(57-68-70(64,65)67-55-54-61)56-66-59(62)52-50-48-46-44-42-40-38-36-34-32-30-28-26-24-22-20-18-16-14-12-10-8-6-4-2/h15,17,21,23,27,29,58H,3-14,16,18-20,22,24-26,28,30-57,61H2,1-2H3,(H,64,65)/b17-15-,23-21-,29-27-. The van der Waals surface area contributed by atoms with Gasteiger partial charge in [-0.25, -0.2) is 4.57 Å². The SMILES string of the molecule is CCCCCCC/C=C\C/C=C\C/C=C\CCCCCCCCCCCCC(=O)OC(COC(=O)CCCCCCCCCCCCCCCCCCCCCCCCCC)COP(=O)(O)OCCN. The van der Waals surface area contributed by atoms with Crippen LogP contribution in [0.2, 0.25) is 0 Å². The number of phosphoric ester groups is 1. The first kappa shape index (κ1) is 68.2. The monoisotopic (exact) mass is 1010 g/mol. The zero-order chi connectivity index (χ0) is 51.0. The highest BCUT2D eigenvalue weighted by Crippen LogP contribution is 2.43. The summed E-state index contributed by atoms with van der Waals surface area (Å²) in [6.07, 6.45) is 67.7. The summed E-state index contributed by atoms with van der Waals surface area (Å²) in [7, 11) is -4.39. The molecular weight excluding hydrogens is 894 g/mol. The van der Waals surface area contributed by atoms with Crippen LogP contribution in [0.15, 0.2) is 36.5 Å². The van der Waals surface area contributed by atoms with Gasteiger partial charge < -0.3 is 20.1 Å². The van der Waals surface area contributed by atoms with Crippen LogP contribution in [0.1, 0.15) is 303 Å². The Morgan fingerprint density at radius 3 is 1.10 bits per heavy atom. The maximum absolute atomic E-state index is 12.7. The fraction of sp³-hybridized carbons (Fsp3) is 0.867. The summed E-state index contributed by atoms with van der Waals surface area (Å²) >= 11 is 0. The number of rotatable bonds is 57. The number of unbranched alkanes of at least 4 members (excludes halogenated alkanes) is 38. The molecule has 0 aliphatic rings.